The topological polar surface area (TPSA) is 26.0 Å². The first kappa shape index (κ1) is 9.69. The van der Waals surface area contributed by atoms with E-state index in [1.165, 1.54) is 0 Å². The predicted molar refractivity (Wildman–Crippen MR) is 25.8 cm³/mol. The van der Waals surface area contributed by atoms with Gasteiger partial charge in [-0.2, -0.15) is 0 Å². The van der Waals surface area contributed by atoms with Crippen molar-refractivity contribution in [2.24, 2.45) is 5.40 Å². The van der Waals surface area contributed by atoms with Gasteiger partial charge < -0.3 is 5.40 Å². The Hall–Kier alpha value is 1.47. The van der Waals surface area contributed by atoms with Crippen molar-refractivity contribution in [3.05, 3.63) is 0 Å². The Morgan fingerprint density at radius 2 is 1.40 bits per heavy atom. The van der Waals surface area contributed by atoms with Crippen LogP contribution in [-0.2, 0) is 17.0 Å². The quantitative estimate of drug-likeness (QED) is 0.487. The summed E-state index contributed by atoms with van der Waals surface area (Å²) in [4.78, 5) is 0. The van der Waals surface area contributed by atoms with E-state index in [1.54, 1.807) is 0 Å². The molecular weight excluding hydrogens is 161 g/mol. The Balaban J connectivity index is 0. The van der Waals surface area contributed by atoms with Crippen LogP contribution in [0.25, 0.3) is 0 Å². The molecule has 0 heterocycles. The standard InChI is InChI=1S/2ClH.H5NSi.Ti/c;;1-2;/h2*1H;1H2,2H3;/q;;;+2/p-2. The van der Waals surface area contributed by atoms with Gasteiger partial charge in [0.25, 0.3) is 0 Å². The van der Waals surface area contributed by atoms with E-state index in [1.807, 2.05) is 0 Å². The summed E-state index contributed by atoms with van der Waals surface area (Å²) in [5.41, 5.74) is 0. The summed E-state index contributed by atoms with van der Waals surface area (Å²) in [5.74, 6) is 0. The summed E-state index contributed by atoms with van der Waals surface area (Å²) in [5, 5.41) is 4.64. The number of hydrogen-bond donors (Lipinski definition) is 1. The monoisotopic (exact) mass is 165 g/mol. The third-order valence-electron chi connectivity index (χ3n) is 0. The summed E-state index contributed by atoms with van der Waals surface area (Å²) in [6, 6.07) is 0. The van der Waals surface area contributed by atoms with E-state index in [9.17, 15) is 0 Å². The zero-order valence-electron chi connectivity index (χ0n) is 2.83. The fraction of sp³-hybridized carbons (Fsp3) is 0. The van der Waals surface area contributed by atoms with Gasteiger partial charge in [0, 0.05) is 0 Å². The maximum atomic E-state index is 4.89. The zero-order chi connectivity index (χ0) is 4.71. The van der Waals surface area contributed by atoms with Gasteiger partial charge in [0.1, 0.15) is 0 Å². The van der Waals surface area contributed by atoms with Crippen LogP contribution in [-0.4, -0.2) is 10.4 Å². The van der Waals surface area contributed by atoms with Crippen molar-refractivity contribution in [2.75, 3.05) is 0 Å². The second-order valence-electron chi connectivity index (χ2n) is 0.0714. The third-order valence-corrected chi connectivity index (χ3v) is 0. The molecule has 0 aliphatic heterocycles. The maximum absolute atomic E-state index is 4.89. The number of hydrogen-bond acceptors (Lipinski definition) is 1. The molecule has 5 heavy (non-hydrogen) atoms. The fourth-order valence-corrected chi connectivity index (χ4v) is 0. The fourth-order valence-electron chi connectivity index (χ4n) is 0. The Morgan fingerprint density at radius 1 is 1.40 bits per heavy atom. The molecule has 0 bridgehead atoms. The molecule has 0 aromatic rings. The molecule has 0 aromatic carbocycles. The number of halogens is 2. The van der Waals surface area contributed by atoms with E-state index in [-0.39, 0.29) is 0 Å². The minimum absolute atomic E-state index is 0.556. The molecule has 5 heteroatoms. The molecule has 0 rings (SSSR count). The summed E-state index contributed by atoms with van der Waals surface area (Å²) in [6.45, 7) is 0. The van der Waals surface area contributed by atoms with E-state index < -0.39 is 17.0 Å². The van der Waals surface area contributed by atoms with Gasteiger partial charge in [0.2, 0.25) is 0 Å². The molecule has 0 saturated heterocycles. The molecular formula is H5Cl2NSiTi. The van der Waals surface area contributed by atoms with Gasteiger partial charge in [-0.25, -0.2) is 0 Å². The summed E-state index contributed by atoms with van der Waals surface area (Å²) >= 11 is -0.556. The molecule has 0 aromatic heterocycles. The van der Waals surface area contributed by atoms with Gasteiger partial charge in [0.15, 0.2) is 0 Å². The molecule has 2 N–H and O–H groups in total. The van der Waals surface area contributed by atoms with E-state index in [4.69, 9.17) is 18.6 Å². The Bertz CT molecular complexity index is 9.61. The van der Waals surface area contributed by atoms with Crippen LogP contribution in [0.3, 0.4) is 0 Å². The summed E-state index contributed by atoms with van der Waals surface area (Å²) in [6.07, 6.45) is 0. The van der Waals surface area contributed by atoms with Gasteiger partial charge in [-0.05, 0) is 0 Å². The molecule has 0 spiro atoms. The minimum atomic E-state index is -0.556. The van der Waals surface area contributed by atoms with E-state index in [2.05, 4.69) is 5.40 Å². The average molecular weight is 166 g/mol. The molecule has 0 amide bonds. The molecule has 0 unspecified atom stereocenters. The summed E-state index contributed by atoms with van der Waals surface area (Å²) < 4.78 is 0. The van der Waals surface area contributed by atoms with Crippen LogP contribution in [0.2, 0.25) is 0 Å². The SMILES string of the molecule is N[SiH3].[Cl][Ti][Cl]. The molecule has 0 radical (unpaired) electrons. The van der Waals surface area contributed by atoms with Crippen molar-refractivity contribution in [2.45, 2.75) is 0 Å². The zero-order valence-corrected chi connectivity index (χ0v) is 7.91. The molecule has 0 saturated carbocycles. The van der Waals surface area contributed by atoms with Crippen molar-refractivity contribution < 1.29 is 17.0 Å². The Morgan fingerprint density at radius 3 is 1.40 bits per heavy atom. The van der Waals surface area contributed by atoms with E-state index in [0.29, 0.717) is 0 Å². The van der Waals surface area contributed by atoms with Gasteiger partial charge in [-0.3, -0.25) is 0 Å². The van der Waals surface area contributed by atoms with Crippen molar-refractivity contribution >= 4 is 29.0 Å². The van der Waals surface area contributed by atoms with Gasteiger partial charge >= 0.3 is 35.6 Å². The van der Waals surface area contributed by atoms with Crippen LogP contribution >= 0.6 is 18.6 Å². The van der Waals surface area contributed by atoms with Crippen molar-refractivity contribution in [1.29, 1.82) is 0 Å². The Labute approximate surface area is 51.4 Å². The van der Waals surface area contributed by atoms with Crippen LogP contribution < -0.4 is 5.40 Å². The van der Waals surface area contributed by atoms with Crippen LogP contribution in [0.1, 0.15) is 0 Å². The van der Waals surface area contributed by atoms with E-state index in [0.717, 1.165) is 10.4 Å². The molecule has 0 aliphatic carbocycles. The van der Waals surface area contributed by atoms with Gasteiger partial charge in [-0.15, -0.1) is 0 Å². The second kappa shape index (κ2) is 17.9. The first-order valence-corrected chi connectivity index (χ1v) is 6.41. The molecule has 0 aliphatic rings. The van der Waals surface area contributed by atoms with Crippen molar-refractivity contribution in [3.63, 3.8) is 0 Å². The predicted octanol–water partition coefficient (Wildman–Crippen LogP) is -0.398. The number of rotatable bonds is 0. The van der Waals surface area contributed by atoms with E-state index >= 15 is 0 Å². The van der Waals surface area contributed by atoms with Crippen molar-refractivity contribution in [1.82, 2.24) is 0 Å². The van der Waals surface area contributed by atoms with Gasteiger partial charge in [0.05, 0.1) is 10.4 Å². The second-order valence-corrected chi connectivity index (χ2v) is 2.65. The molecule has 0 atom stereocenters. The van der Waals surface area contributed by atoms with Gasteiger partial charge in [-0.1, -0.05) is 0 Å². The summed E-state index contributed by atoms with van der Waals surface area (Å²) in [7, 11) is 10.6. The normalized spacial score (nSPS) is 4.60. The van der Waals surface area contributed by atoms with Crippen LogP contribution in [0.15, 0.2) is 0 Å². The van der Waals surface area contributed by atoms with Crippen molar-refractivity contribution in [3.8, 4) is 0 Å². The number of nitrogens with two attached hydrogens (primary N) is 1. The van der Waals surface area contributed by atoms with Crippen LogP contribution in [0, 0.1) is 0 Å². The Kier molecular flexibility index (Phi) is 34.7. The molecule has 1 nitrogen and oxygen atoms in total. The van der Waals surface area contributed by atoms with Crippen LogP contribution in [0.5, 0.6) is 0 Å². The molecule has 32 valence electrons. The molecule has 0 fully saturated rings. The third kappa shape index (κ3) is 30.5. The average Bonchev–Trinajstić information content (AvgIpc) is 1.46. The first-order valence-electron chi connectivity index (χ1n) is 0.955. The first-order chi connectivity index (χ1) is 2.41. The van der Waals surface area contributed by atoms with Crippen LogP contribution in [0.4, 0.5) is 0 Å².